The topological polar surface area (TPSA) is 67.7 Å². The highest BCUT2D eigenvalue weighted by Gasteiger charge is 2.36. The highest BCUT2D eigenvalue weighted by Crippen LogP contribution is 2.38. The number of aliphatic hydroxyl groups is 1. The molecule has 0 amide bonds. The third-order valence-corrected chi connectivity index (χ3v) is 4.74. The Hall–Kier alpha value is -2.55. The van der Waals surface area contributed by atoms with E-state index in [0.29, 0.717) is 48.8 Å². The van der Waals surface area contributed by atoms with Gasteiger partial charge in [-0.15, -0.1) is 10.2 Å². The first-order valence-electron chi connectivity index (χ1n) is 8.37. The standard InChI is InChI=1S/C18H20F3N3O3/c1-26-13-9-12(10-14(11-13)27-2)17(25)5-7-24(8-6-17)16-4-3-15(22-23-16)18(19,20)21/h3-4,9-11,25H,5-8H2,1-2H3. The molecule has 1 N–H and O–H groups in total. The van der Waals surface area contributed by atoms with Gasteiger partial charge >= 0.3 is 6.18 Å². The van der Waals surface area contributed by atoms with Crippen molar-refractivity contribution in [1.29, 1.82) is 0 Å². The molecule has 0 radical (unpaired) electrons. The lowest BCUT2D eigenvalue weighted by atomic mass is 9.84. The molecule has 0 unspecified atom stereocenters. The summed E-state index contributed by atoms with van der Waals surface area (Å²) in [5.74, 6) is 1.51. The lowest BCUT2D eigenvalue weighted by Crippen LogP contribution is -2.43. The summed E-state index contributed by atoms with van der Waals surface area (Å²) < 4.78 is 48.3. The Morgan fingerprint density at radius 1 is 1.00 bits per heavy atom. The molecule has 0 atom stereocenters. The fraction of sp³-hybridized carbons (Fsp3) is 0.444. The number of piperidine rings is 1. The van der Waals surface area contributed by atoms with Crippen LogP contribution in [0.2, 0.25) is 0 Å². The predicted molar refractivity (Wildman–Crippen MR) is 91.9 cm³/mol. The molecule has 6 nitrogen and oxygen atoms in total. The average Bonchev–Trinajstić information content (AvgIpc) is 2.67. The monoisotopic (exact) mass is 383 g/mol. The molecule has 0 aliphatic carbocycles. The molecule has 0 saturated carbocycles. The summed E-state index contributed by atoms with van der Waals surface area (Å²) in [6.45, 7) is 0.853. The SMILES string of the molecule is COc1cc(OC)cc(C2(O)CCN(c3ccc(C(F)(F)F)nn3)CC2)c1. The summed E-state index contributed by atoms with van der Waals surface area (Å²) in [7, 11) is 3.07. The number of hydrogen-bond donors (Lipinski definition) is 1. The van der Waals surface area contributed by atoms with Gasteiger partial charge < -0.3 is 19.5 Å². The molecule has 2 heterocycles. The van der Waals surface area contributed by atoms with Gasteiger partial charge in [0.15, 0.2) is 11.5 Å². The number of anilines is 1. The Morgan fingerprint density at radius 3 is 2.04 bits per heavy atom. The van der Waals surface area contributed by atoms with E-state index in [0.717, 1.165) is 6.07 Å². The Balaban J connectivity index is 1.74. The van der Waals surface area contributed by atoms with Crippen LogP contribution in [0.15, 0.2) is 30.3 Å². The molecular formula is C18H20F3N3O3. The lowest BCUT2D eigenvalue weighted by molar-refractivity contribution is -0.141. The number of nitrogens with zero attached hydrogens (tertiary/aromatic N) is 3. The van der Waals surface area contributed by atoms with Gasteiger partial charge in [-0.25, -0.2) is 0 Å². The van der Waals surface area contributed by atoms with Crippen LogP contribution < -0.4 is 14.4 Å². The van der Waals surface area contributed by atoms with Gasteiger partial charge in [0.25, 0.3) is 0 Å². The molecule has 1 fully saturated rings. The molecule has 1 aromatic carbocycles. The van der Waals surface area contributed by atoms with Crippen LogP contribution in [0.4, 0.5) is 19.0 Å². The molecule has 1 saturated heterocycles. The van der Waals surface area contributed by atoms with Crippen molar-refractivity contribution in [3.8, 4) is 11.5 Å². The first-order valence-corrected chi connectivity index (χ1v) is 8.37. The molecule has 1 aliphatic rings. The molecular weight excluding hydrogens is 363 g/mol. The van der Waals surface area contributed by atoms with Gasteiger partial charge in [-0.1, -0.05) is 0 Å². The summed E-state index contributed by atoms with van der Waals surface area (Å²) in [5.41, 5.74) is -1.43. The van der Waals surface area contributed by atoms with E-state index in [-0.39, 0.29) is 0 Å². The zero-order chi connectivity index (χ0) is 19.7. The van der Waals surface area contributed by atoms with Crippen molar-refractivity contribution in [2.45, 2.75) is 24.6 Å². The van der Waals surface area contributed by atoms with E-state index in [1.54, 1.807) is 23.1 Å². The maximum Gasteiger partial charge on any atom is 0.435 e. The number of alkyl halides is 3. The highest BCUT2D eigenvalue weighted by atomic mass is 19.4. The van der Waals surface area contributed by atoms with Gasteiger partial charge in [0, 0.05) is 19.2 Å². The average molecular weight is 383 g/mol. The van der Waals surface area contributed by atoms with Crippen LogP contribution in [0.1, 0.15) is 24.1 Å². The third kappa shape index (κ3) is 4.08. The Kier molecular flexibility index (Phi) is 5.14. The zero-order valence-electron chi connectivity index (χ0n) is 15.0. The number of benzene rings is 1. The Bertz CT molecular complexity index is 766. The minimum Gasteiger partial charge on any atom is -0.497 e. The quantitative estimate of drug-likeness (QED) is 0.876. The van der Waals surface area contributed by atoms with Crippen molar-refractivity contribution in [2.24, 2.45) is 0 Å². The van der Waals surface area contributed by atoms with Crippen LogP contribution in [0.25, 0.3) is 0 Å². The van der Waals surface area contributed by atoms with E-state index in [4.69, 9.17) is 9.47 Å². The second-order valence-electron chi connectivity index (χ2n) is 6.39. The first kappa shape index (κ1) is 19.2. The van der Waals surface area contributed by atoms with Crippen LogP contribution in [0.5, 0.6) is 11.5 Å². The van der Waals surface area contributed by atoms with E-state index in [2.05, 4.69) is 10.2 Å². The molecule has 2 aromatic rings. The van der Waals surface area contributed by atoms with Gasteiger partial charge in [-0.2, -0.15) is 13.2 Å². The van der Waals surface area contributed by atoms with E-state index in [1.165, 1.54) is 20.3 Å². The zero-order valence-corrected chi connectivity index (χ0v) is 15.0. The van der Waals surface area contributed by atoms with Crippen molar-refractivity contribution >= 4 is 5.82 Å². The number of methoxy groups -OCH3 is 2. The Labute approximate surface area is 154 Å². The first-order chi connectivity index (χ1) is 12.7. The van der Waals surface area contributed by atoms with Crippen LogP contribution in [-0.4, -0.2) is 42.6 Å². The predicted octanol–water partition coefficient (Wildman–Crippen LogP) is 3.00. The van der Waals surface area contributed by atoms with Crippen LogP contribution >= 0.6 is 0 Å². The summed E-state index contributed by atoms with van der Waals surface area (Å²) >= 11 is 0. The fourth-order valence-electron chi connectivity index (χ4n) is 3.12. The van der Waals surface area contributed by atoms with Crippen molar-refractivity contribution in [3.63, 3.8) is 0 Å². The second-order valence-corrected chi connectivity index (χ2v) is 6.39. The summed E-state index contributed by atoms with van der Waals surface area (Å²) in [6, 6.07) is 7.46. The molecule has 146 valence electrons. The van der Waals surface area contributed by atoms with E-state index in [9.17, 15) is 18.3 Å². The number of halogens is 3. The van der Waals surface area contributed by atoms with Crippen molar-refractivity contribution < 1.29 is 27.8 Å². The number of hydrogen-bond acceptors (Lipinski definition) is 6. The molecule has 1 aliphatic heterocycles. The minimum atomic E-state index is -4.51. The number of ether oxygens (including phenoxy) is 2. The van der Waals surface area contributed by atoms with Crippen molar-refractivity contribution in [3.05, 3.63) is 41.6 Å². The summed E-state index contributed by atoms with van der Waals surface area (Å²) in [6.07, 6.45) is -3.75. The molecule has 0 bridgehead atoms. The van der Waals surface area contributed by atoms with Crippen molar-refractivity contribution in [1.82, 2.24) is 10.2 Å². The minimum absolute atomic E-state index is 0.355. The van der Waals surface area contributed by atoms with Gasteiger partial charge in [-0.05, 0) is 42.7 Å². The number of rotatable bonds is 4. The second kappa shape index (κ2) is 7.22. The van der Waals surface area contributed by atoms with Crippen molar-refractivity contribution in [2.75, 3.05) is 32.2 Å². The normalized spacial score (nSPS) is 16.9. The van der Waals surface area contributed by atoms with Crippen LogP contribution in [0.3, 0.4) is 0 Å². The summed E-state index contributed by atoms with van der Waals surface area (Å²) in [4.78, 5) is 1.80. The Morgan fingerprint density at radius 2 is 1.59 bits per heavy atom. The molecule has 9 heteroatoms. The molecule has 3 rings (SSSR count). The largest absolute Gasteiger partial charge is 0.497 e. The van der Waals surface area contributed by atoms with Crippen LogP contribution in [0, 0.1) is 0 Å². The molecule has 27 heavy (non-hydrogen) atoms. The van der Waals surface area contributed by atoms with E-state index < -0.39 is 17.5 Å². The maximum absolute atomic E-state index is 12.6. The van der Waals surface area contributed by atoms with E-state index >= 15 is 0 Å². The van der Waals surface area contributed by atoms with E-state index in [1.807, 2.05) is 0 Å². The van der Waals surface area contributed by atoms with Gasteiger partial charge in [0.1, 0.15) is 11.5 Å². The summed E-state index contributed by atoms with van der Waals surface area (Å²) in [5, 5.41) is 18.0. The van der Waals surface area contributed by atoms with Gasteiger partial charge in [0.05, 0.1) is 19.8 Å². The van der Waals surface area contributed by atoms with Gasteiger partial charge in [-0.3, -0.25) is 0 Å². The smallest absolute Gasteiger partial charge is 0.435 e. The highest BCUT2D eigenvalue weighted by molar-refractivity contribution is 5.43. The maximum atomic E-state index is 12.6. The molecule has 1 aromatic heterocycles. The lowest BCUT2D eigenvalue weighted by Gasteiger charge is -2.39. The number of aromatic nitrogens is 2. The van der Waals surface area contributed by atoms with Crippen LogP contribution in [-0.2, 0) is 11.8 Å². The molecule has 0 spiro atoms. The third-order valence-electron chi connectivity index (χ3n) is 4.74. The fourth-order valence-corrected chi connectivity index (χ4v) is 3.12. The van der Waals surface area contributed by atoms with Gasteiger partial charge in [0.2, 0.25) is 0 Å².